The van der Waals surface area contributed by atoms with Gasteiger partial charge in [-0.25, -0.2) is 4.79 Å². The fourth-order valence-electron chi connectivity index (χ4n) is 4.15. The molecule has 0 fully saturated rings. The zero-order valence-corrected chi connectivity index (χ0v) is 22.3. The van der Waals surface area contributed by atoms with Crippen molar-refractivity contribution in [2.24, 2.45) is 0 Å². The van der Waals surface area contributed by atoms with Gasteiger partial charge in [0.2, 0.25) is 0 Å². The summed E-state index contributed by atoms with van der Waals surface area (Å²) < 4.78 is 17.2. The van der Waals surface area contributed by atoms with Crippen molar-refractivity contribution in [2.45, 2.75) is 12.8 Å². The summed E-state index contributed by atoms with van der Waals surface area (Å²) in [7, 11) is 1.59. The first-order valence-electron chi connectivity index (χ1n) is 13.0. The van der Waals surface area contributed by atoms with E-state index in [2.05, 4.69) is 26.7 Å². The molecule has 0 spiro atoms. The van der Waals surface area contributed by atoms with Gasteiger partial charge in [0, 0.05) is 41.4 Å². The van der Waals surface area contributed by atoms with Crippen LogP contribution in [0.25, 0.3) is 10.9 Å². The third-order valence-corrected chi connectivity index (χ3v) is 6.23. The maximum absolute atomic E-state index is 12.4. The number of pyridine rings is 2. The zero-order chi connectivity index (χ0) is 28.4. The number of benzene rings is 3. The summed E-state index contributed by atoms with van der Waals surface area (Å²) in [5.74, 6) is 2.31. The number of rotatable bonds is 10. The smallest absolute Gasteiger partial charge is 0.323 e. The average Bonchev–Trinajstić information content (AvgIpc) is 3.01. The van der Waals surface area contributed by atoms with E-state index in [1.165, 1.54) is 5.56 Å². The fourth-order valence-corrected chi connectivity index (χ4v) is 4.15. The van der Waals surface area contributed by atoms with Gasteiger partial charge < -0.3 is 24.8 Å². The molecule has 3 aromatic carbocycles. The van der Waals surface area contributed by atoms with Gasteiger partial charge in [-0.05, 0) is 91.2 Å². The molecule has 0 atom stereocenters. The summed E-state index contributed by atoms with van der Waals surface area (Å²) in [6, 6.07) is 25.1. The number of ether oxygens (including phenoxy) is 3. The van der Waals surface area contributed by atoms with E-state index in [1.54, 1.807) is 92.4 Å². The third kappa shape index (κ3) is 7.07. The Hall–Kier alpha value is -5.62. The number of carbonyl (C=O) groups is 1. The lowest BCUT2D eigenvalue weighted by molar-refractivity contribution is 0.262. The molecule has 0 bridgehead atoms. The number of aromatic nitrogens is 2. The van der Waals surface area contributed by atoms with Gasteiger partial charge in [0.1, 0.15) is 29.1 Å². The molecule has 0 saturated carbocycles. The first-order valence-corrected chi connectivity index (χ1v) is 13.0. The SMILES string of the molecule is COc1ccc(NC(=O)Nc2ccc(Oc3ccnc4cc(OCCCc5ccncc5)c(C#N)cc34)cc2)cc1. The number of anilines is 2. The molecule has 2 heterocycles. The zero-order valence-electron chi connectivity index (χ0n) is 22.3. The van der Waals surface area contributed by atoms with Gasteiger partial charge in [-0.1, -0.05) is 0 Å². The molecule has 41 heavy (non-hydrogen) atoms. The highest BCUT2D eigenvalue weighted by Crippen LogP contribution is 2.33. The van der Waals surface area contributed by atoms with E-state index in [0.717, 1.165) is 12.8 Å². The second kappa shape index (κ2) is 13.0. The average molecular weight is 546 g/mol. The number of urea groups is 1. The van der Waals surface area contributed by atoms with Crippen LogP contribution in [0.4, 0.5) is 16.2 Å². The number of fused-ring (bicyclic) bond motifs is 1. The summed E-state index contributed by atoms with van der Waals surface area (Å²) in [5.41, 5.74) is 3.48. The molecule has 0 aliphatic carbocycles. The summed E-state index contributed by atoms with van der Waals surface area (Å²) in [4.78, 5) is 20.8. The van der Waals surface area contributed by atoms with Crippen LogP contribution in [0.5, 0.6) is 23.0 Å². The highest BCUT2D eigenvalue weighted by molar-refractivity contribution is 5.99. The molecule has 0 saturated heterocycles. The standard InChI is InChI=1S/C32H27N5O4/c1-39-26-8-4-24(5-9-26)36-32(38)37-25-6-10-27(11-7-25)41-30-14-17-35-29-20-31(23(21-33)19-28(29)30)40-18-2-3-22-12-15-34-16-13-22/h4-17,19-20H,2-3,18H2,1H3,(H2,36,37,38). The molecule has 9 nitrogen and oxygen atoms in total. The minimum Gasteiger partial charge on any atom is -0.497 e. The Labute approximate surface area is 237 Å². The number of hydrogen-bond donors (Lipinski definition) is 2. The predicted octanol–water partition coefficient (Wildman–Crippen LogP) is 6.96. The van der Waals surface area contributed by atoms with Crippen LogP contribution in [-0.2, 0) is 6.42 Å². The second-order valence-electron chi connectivity index (χ2n) is 9.03. The molecule has 0 unspecified atom stereocenters. The molecule has 2 aromatic heterocycles. The van der Waals surface area contributed by atoms with Crippen LogP contribution in [0.3, 0.4) is 0 Å². The summed E-state index contributed by atoms with van der Waals surface area (Å²) in [5, 5.41) is 16.0. The van der Waals surface area contributed by atoms with Crippen molar-refractivity contribution in [1.29, 1.82) is 5.26 Å². The number of aryl methyl sites for hydroxylation is 1. The largest absolute Gasteiger partial charge is 0.497 e. The number of nitriles is 1. The molecule has 2 N–H and O–H groups in total. The molecular formula is C32H27N5O4. The molecular weight excluding hydrogens is 518 g/mol. The van der Waals surface area contributed by atoms with Crippen LogP contribution in [0.2, 0.25) is 0 Å². The Bertz CT molecular complexity index is 1670. The van der Waals surface area contributed by atoms with Crippen molar-refractivity contribution in [1.82, 2.24) is 9.97 Å². The first-order chi connectivity index (χ1) is 20.1. The lowest BCUT2D eigenvalue weighted by Gasteiger charge is -2.13. The molecule has 0 aliphatic heterocycles. The normalized spacial score (nSPS) is 10.4. The van der Waals surface area contributed by atoms with E-state index in [-0.39, 0.29) is 6.03 Å². The highest BCUT2D eigenvalue weighted by Gasteiger charge is 2.12. The van der Waals surface area contributed by atoms with Crippen molar-refractivity contribution < 1.29 is 19.0 Å². The van der Waals surface area contributed by atoms with Gasteiger partial charge in [0.15, 0.2) is 0 Å². The minimum absolute atomic E-state index is 0.372. The van der Waals surface area contributed by atoms with Gasteiger partial charge >= 0.3 is 6.03 Å². The maximum Gasteiger partial charge on any atom is 0.323 e. The topological polar surface area (TPSA) is 118 Å². The molecule has 204 valence electrons. The number of nitrogens with one attached hydrogen (secondary N) is 2. The van der Waals surface area contributed by atoms with Crippen molar-refractivity contribution >= 4 is 28.3 Å². The number of nitrogens with zero attached hydrogens (tertiary/aromatic N) is 3. The van der Waals surface area contributed by atoms with Crippen molar-refractivity contribution in [3.8, 4) is 29.1 Å². The van der Waals surface area contributed by atoms with E-state index in [1.807, 2.05) is 12.1 Å². The van der Waals surface area contributed by atoms with E-state index < -0.39 is 0 Å². The van der Waals surface area contributed by atoms with E-state index in [9.17, 15) is 10.1 Å². The molecule has 5 rings (SSSR count). The van der Waals surface area contributed by atoms with Crippen LogP contribution in [0.1, 0.15) is 17.5 Å². The lowest BCUT2D eigenvalue weighted by atomic mass is 10.1. The quantitative estimate of drug-likeness (QED) is 0.182. The van der Waals surface area contributed by atoms with Gasteiger partial charge in [0.25, 0.3) is 0 Å². The van der Waals surface area contributed by atoms with Crippen LogP contribution in [0.15, 0.2) is 97.5 Å². The lowest BCUT2D eigenvalue weighted by Crippen LogP contribution is -2.19. The van der Waals surface area contributed by atoms with Crippen LogP contribution in [-0.4, -0.2) is 29.7 Å². The monoisotopic (exact) mass is 545 g/mol. The minimum atomic E-state index is -0.372. The highest BCUT2D eigenvalue weighted by atomic mass is 16.5. The van der Waals surface area contributed by atoms with Gasteiger partial charge in [0.05, 0.1) is 24.8 Å². The van der Waals surface area contributed by atoms with E-state index in [0.29, 0.717) is 57.4 Å². The van der Waals surface area contributed by atoms with Gasteiger partial charge in [-0.2, -0.15) is 5.26 Å². The van der Waals surface area contributed by atoms with E-state index in [4.69, 9.17) is 14.2 Å². The summed E-state index contributed by atoms with van der Waals surface area (Å²) in [6.07, 6.45) is 6.85. The number of carbonyl (C=O) groups excluding carboxylic acids is 1. The van der Waals surface area contributed by atoms with Gasteiger partial charge in [-0.15, -0.1) is 0 Å². The maximum atomic E-state index is 12.4. The molecule has 2 amide bonds. The van der Waals surface area contributed by atoms with Gasteiger partial charge in [-0.3, -0.25) is 9.97 Å². The Morgan fingerprint density at radius 2 is 1.54 bits per heavy atom. The van der Waals surface area contributed by atoms with Crippen LogP contribution in [0, 0.1) is 11.3 Å². The predicted molar refractivity (Wildman–Crippen MR) is 157 cm³/mol. The Morgan fingerprint density at radius 1 is 0.854 bits per heavy atom. The molecule has 9 heteroatoms. The molecule has 0 radical (unpaired) electrons. The number of hydrogen-bond acceptors (Lipinski definition) is 7. The first kappa shape index (κ1) is 27.0. The second-order valence-corrected chi connectivity index (χ2v) is 9.03. The molecule has 5 aromatic rings. The van der Waals surface area contributed by atoms with Crippen molar-refractivity contribution in [2.75, 3.05) is 24.4 Å². The molecule has 0 aliphatic rings. The van der Waals surface area contributed by atoms with Crippen molar-refractivity contribution in [3.63, 3.8) is 0 Å². The summed E-state index contributed by atoms with van der Waals surface area (Å²) >= 11 is 0. The van der Waals surface area contributed by atoms with Crippen molar-refractivity contribution in [3.05, 3.63) is 109 Å². The Morgan fingerprint density at radius 3 is 2.20 bits per heavy atom. The fraction of sp³-hybridized carbons (Fsp3) is 0.125. The summed E-state index contributed by atoms with van der Waals surface area (Å²) in [6.45, 7) is 0.469. The van der Waals surface area contributed by atoms with E-state index >= 15 is 0 Å². The Balaban J connectivity index is 1.22. The van der Waals surface area contributed by atoms with Crippen LogP contribution < -0.4 is 24.8 Å². The third-order valence-electron chi connectivity index (χ3n) is 6.23. The number of amides is 2. The van der Waals surface area contributed by atoms with Crippen LogP contribution >= 0.6 is 0 Å². The number of methoxy groups -OCH3 is 1. The Kier molecular flexibility index (Phi) is 8.52.